The van der Waals surface area contributed by atoms with Crippen molar-refractivity contribution in [1.82, 2.24) is 4.90 Å². The molecule has 0 bridgehead atoms. The highest BCUT2D eigenvalue weighted by Crippen LogP contribution is 2.29. The molecule has 2 saturated heterocycles. The first-order chi connectivity index (χ1) is 11.2. The van der Waals surface area contributed by atoms with E-state index >= 15 is 0 Å². The Morgan fingerprint density at radius 2 is 1.92 bits per heavy atom. The minimum Gasteiger partial charge on any atom is -0.443 e. The Balaban J connectivity index is 0.000000488. The quantitative estimate of drug-likeness (QED) is 0.739. The highest BCUT2D eigenvalue weighted by atomic mass is 16.6. The normalized spacial score (nSPS) is 23.5. The third-order valence-electron chi connectivity index (χ3n) is 3.74. The molecule has 0 aliphatic carbocycles. The Morgan fingerprint density at radius 3 is 2.29 bits per heavy atom. The maximum absolute atomic E-state index is 12.2. The van der Waals surface area contributed by atoms with Crippen LogP contribution < -0.4 is 0 Å². The number of carbonyl (C=O) groups is 3. The second-order valence-corrected chi connectivity index (χ2v) is 7.09. The Hall–Kier alpha value is -1.69. The molecule has 6 nitrogen and oxygen atoms in total. The number of imide groups is 1. The maximum atomic E-state index is 12.2. The molecule has 136 valence electrons. The topological polar surface area (TPSA) is 72.9 Å². The van der Waals surface area contributed by atoms with Crippen LogP contribution in [0.3, 0.4) is 0 Å². The van der Waals surface area contributed by atoms with E-state index in [1.54, 1.807) is 26.8 Å². The first kappa shape index (κ1) is 20.4. The van der Waals surface area contributed by atoms with Gasteiger partial charge in [-0.2, -0.15) is 0 Å². The van der Waals surface area contributed by atoms with E-state index in [9.17, 15) is 14.4 Å². The van der Waals surface area contributed by atoms with Crippen molar-refractivity contribution in [3.8, 4) is 0 Å². The van der Waals surface area contributed by atoms with E-state index in [0.717, 1.165) is 18.1 Å². The van der Waals surface area contributed by atoms with Gasteiger partial charge >= 0.3 is 6.09 Å². The van der Waals surface area contributed by atoms with Gasteiger partial charge in [-0.25, -0.2) is 9.69 Å². The van der Waals surface area contributed by atoms with Gasteiger partial charge in [0.05, 0.1) is 0 Å². The molecule has 0 aromatic rings. The van der Waals surface area contributed by atoms with Gasteiger partial charge in [0.1, 0.15) is 11.6 Å². The van der Waals surface area contributed by atoms with Crippen molar-refractivity contribution in [3.63, 3.8) is 0 Å². The molecular weight excluding hydrogens is 310 g/mol. The maximum Gasteiger partial charge on any atom is 0.417 e. The fourth-order valence-corrected chi connectivity index (χ4v) is 2.61. The van der Waals surface area contributed by atoms with Gasteiger partial charge in [-0.3, -0.25) is 9.59 Å². The Kier molecular flexibility index (Phi) is 7.60. The van der Waals surface area contributed by atoms with Crippen LogP contribution in [0.4, 0.5) is 4.79 Å². The fourth-order valence-electron chi connectivity index (χ4n) is 2.61. The first-order valence-electron chi connectivity index (χ1n) is 8.42. The van der Waals surface area contributed by atoms with Crippen LogP contribution in [0.2, 0.25) is 0 Å². The minimum atomic E-state index is -0.746. The van der Waals surface area contributed by atoms with Gasteiger partial charge in [0, 0.05) is 19.1 Å². The van der Waals surface area contributed by atoms with Gasteiger partial charge in [-0.05, 0) is 53.4 Å². The van der Waals surface area contributed by atoms with Gasteiger partial charge in [0.2, 0.25) is 5.91 Å². The van der Waals surface area contributed by atoms with E-state index < -0.39 is 17.7 Å². The van der Waals surface area contributed by atoms with Crippen LogP contribution in [0.5, 0.6) is 0 Å². The molecule has 0 spiro atoms. The molecule has 2 amide bonds. The molecule has 2 aliphatic rings. The molecule has 24 heavy (non-hydrogen) atoms. The van der Waals surface area contributed by atoms with Crippen molar-refractivity contribution < 1.29 is 23.9 Å². The molecule has 1 unspecified atom stereocenters. The zero-order valence-corrected chi connectivity index (χ0v) is 15.2. The van der Waals surface area contributed by atoms with E-state index in [4.69, 9.17) is 9.47 Å². The van der Waals surface area contributed by atoms with Gasteiger partial charge in [-0.15, -0.1) is 6.58 Å². The van der Waals surface area contributed by atoms with Crippen molar-refractivity contribution in [3.05, 3.63) is 12.7 Å². The molecule has 2 atom stereocenters. The molecule has 0 aromatic heterocycles. The molecule has 2 rings (SSSR count). The summed E-state index contributed by atoms with van der Waals surface area (Å²) >= 11 is 0. The van der Waals surface area contributed by atoms with Crippen LogP contribution in [0.15, 0.2) is 12.7 Å². The zero-order chi connectivity index (χ0) is 18.3. The number of carbonyl (C=O) groups excluding carboxylic acids is 3. The summed E-state index contributed by atoms with van der Waals surface area (Å²) in [4.78, 5) is 36.8. The number of nitrogens with zero attached hydrogens (tertiary/aromatic N) is 1. The third-order valence-corrected chi connectivity index (χ3v) is 3.74. The average molecular weight is 339 g/mol. The summed E-state index contributed by atoms with van der Waals surface area (Å²) in [6.07, 6.45) is 4.24. The smallest absolute Gasteiger partial charge is 0.417 e. The minimum absolute atomic E-state index is 0.203. The van der Waals surface area contributed by atoms with Crippen molar-refractivity contribution in [2.75, 3.05) is 13.2 Å². The van der Waals surface area contributed by atoms with Crippen LogP contribution in [0.25, 0.3) is 0 Å². The SMILES string of the molecule is C1CCOC1.C=CCC1C[C@@H](C(C)=O)N(C(=O)OC(C)(C)C)C1=O. The number of hydrogen-bond acceptors (Lipinski definition) is 5. The summed E-state index contributed by atoms with van der Waals surface area (Å²) < 4.78 is 10.1. The predicted octanol–water partition coefficient (Wildman–Crippen LogP) is 3.10. The number of ether oxygens (including phenoxy) is 2. The molecule has 2 heterocycles. The second-order valence-electron chi connectivity index (χ2n) is 7.09. The molecule has 0 N–H and O–H groups in total. The van der Waals surface area contributed by atoms with Crippen molar-refractivity contribution in [1.29, 1.82) is 0 Å². The lowest BCUT2D eigenvalue weighted by molar-refractivity contribution is -0.134. The van der Waals surface area contributed by atoms with Gasteiger partial charge in [-0.1, -0.05) is 6.08 Å². The Morgan fingerprint density at radius 1 is 1.33 bits per heavy atom. The molecule has 0 aromatic carbocycles. The predicted molar refractivity (Wildman–Crippen MR) is 90.5 cm³/mol. The van der Waals surface area contributed by atoms with Crippen LogP contribution >= 0.6 is 0 Å². The monoisotopic (exact) mass is 339 g/mol. The number of hydrogen-bond donors (Lipinski definition) is 0. The van der Waals surface area contributed by atoms with Crippen LogP contribution in [0, 0.1) is 5.92 Å². The fraction of sp³-hybridized carbons (Fsp3) is 0.722. The van der Waals surface area contributed by atoms with Crippen LogP contribution in [-0.4, -0.2) is 47.5 Å². The summed E-state index contributed by atoms with van der Waals surface area (Å²) in [5.41, 5.74) is -0.699. The van der Waals surface area contributed by atoms with Crippen LogP contribution in [-0.2, 0) is 19.1 Å². The van der Waals surface area contributed by atoms with E-state index in [0.29, 0.717) is 12.8 Å². The highest BCUT2D eigenvalue weighted by Gasteiger charge is 2.46. The molecule has 2 aliphatic heterocycles. The summed E-state index contributed by atoms with van der Waals surface area (Å²) in [7, 11) is 0. The molecule has 0 saturated carbocycles. The lowest BCUT2D eigenvalue weighted by atomic mass is 10.00. The number of allylic oxidation sites excluding steroid dienone is 1. The number of likely N-dealkylation sites (tertiary alicyclic amines) is 1. The van der Waals surface area contributed by atoms with Crippen molar-refractivity contribution in [2.24, 2.45) is 5.92 Å². The lowest BCUT2D eigenvalue weighted by Crippen LogP contribution is -2.45. The van der Waals surface area contributed by atoms with E-state index in [1.807, 2.05) is 0 Å². The Bertz CT molecular complexity index is 469. The third kappa shape index (κ3) is 6.07. The first-order valence-corrected chi connectivity index (χ1v) is 8.42. The number of Topliss-reactive ketones (excluding diaryl/α,β-unsaturated/α-hetero) is 1. The molecule has 2 fully saturated rings. The van der Waals surface area contributed by atoms with E-state index in [2.05, 4.69) is 6.58 Å². The van der Waals surface area contributed by atoms with Gasteiger partial charge in [0.25, 0.3) is 0 Å². The van der Waals surface area contributed by atoms with Crippen molar-refractivity contribution >= 4 is 17.8 Å². The highest BCUT2D eigenvalue weighted by molar-refractivity contribution is 6.01. The second kappa shape index (κ2) is 8.97. The molecule has 6 heteroatoms. The van der Waals surface area contributed by atoms with E-state index in [-0.39, 0.29) is 17.6 Å². The molecule has 0 radical (unpaired) electrons. The number of ketones is 1. The largest absolute Gasteiger partial charge is 0.443 e. The van der Waals surface area contributed by atoms with E-state index in [1.165, 1.54) is 19.8 Å². The summed E-state index contributed by atoms with van der Waals surface area (Å²) in [5, 5.41) is 0. The summed E-state index contributed by atoms with van der Waals surface area (Å²) in [6, 6.07) is -0.715. The van der Waals surface area contributed by atoms with Gasteiger partial charge in [0.15, 0.2) is 5.78 Å². The number of amides is 2. The lowest BCUT2D eigenvalue weighted by Gasteiger charge is -2.26. The van der Waals surface area contributed by atoms with Gasteiger partial charge < -0.3 is 9.47 Å². The summed E-state index contributed by atoms with van der Waals surface area (Å²) in [5.74, 6) is -0.918. The van der Waals surface area contributed by atoms with Crippen molar-refractivity contribution in [2.45, 2.75) is 65.0 Å². The van der Waals surface area contributed by atoms with Crippen LogP contribution in [0.1, 0.15) is 53.4 Å². The Labute approximate surface area is 144 Å². The number of rotatable bonds is 3. The molecular formula is C18H29NO5. The zero-order valence-electron chi connectivity index (χ0n) is 15.2. The summed E-state index contributed by atoms with van der Waals surface area (Å²) in [6.45, 7) is 12.1. The average Bonchev–Trinajstić information content (AvgIpc) is 3.10. The standard InChI is InChI=1S/C14H21NO4.C4H8O/c1-6-7-10-8-11(9(2)16)15(12(10)17)13(18)19-14(3,4)5;1-2-4-5-3-1/h6,10-11H,1,7-8H2,2-5H3;1-4H2/t10?,11-;/m0./s1.